The average Bonchev–Trinajstić information content (AvgIpc) is 2.43. The van der Waals surface area contributed by atoms with Crippen molar-refractivity contribution in [1.82, 2.24) is 0 Å². The van der Waals surface area contributed by atoms with E-state index < -0.39 is 0 Å². The normalized spacial score (nSPS) is 21.0. The number of rotatable bonds is 6. The van der Waals surface area contributed by atoms with Crippen molar-refractivity contribution in [3.05, 3.63) is 0 Å². The zero-order valence-electron chi connectivity index (χ0n) is 11.1. The molecule has 0 atom stereocenters. The smallest absolute Gasteiger partial charge is 0.0646 e. The molecule has 16 heavy (non-hydrogen) atoms. The first-order chi connectivity index (χ1) is 7.62. The Labute approximate surface area is 101 Å². The van der Waals surface area contributed by atoms with Crippen LogP contribution in [-0.2, 0) is 4.74 Å². The van der Waals surface area contributed by atoms with Gasteiger partial charge in [0.25, 0.3) is 0 Å². The van der Waals surface area contributed by atoms with Gasteiger partial charge in [0.1, 0.15) is 0 Å². The predicted octanol–water partition coefficient (Wildman–Crippen LogP) is 3.49. The van der Waals surface area contributed by atoms with Gasteiger partial charge in [0.15, 0.2) is 0 Å². The standard InChI is InChI=1S/C14H29NO/c1-13(2)8-7-11-16-12-14(15)9-5-3-4-6-10-14/h13H,3-12,15H2,1-2H3. The van der Waals surface area contributed by atoms with E-state index in [9.17, 15) is 0 Å². The van der Waals surface area contributed by atoms with Gasteiger partial charge in [-0.2, -0.15) is 0 Å². The first-order valence-electron chi connectivity index (χ1n) is 6.99. The highest BCUT2D eigenvalue weighted by Crippen LogP contribution is 2.25. The summed E-state index contributed by atoms with van der Waals surface area (Å²) in [5, 5.41) is 0. The van der Waals surface area contributed by atoms with Crippen LogP contribution in [0.4, 0.5) is 0 Å². The van der Waals surface area contributed by atoms with Gasteiger partial charge in [0.2, 0.25) is 0 Å². The fraction of sp³-hybridized carbons (Fsp3) is 1.00. The molecule has 0 aromatic rings. The van der Waals surface area contributed by atoms with Crippen molar-refractivity contribution in [2.24, 2.45) is 11.7 Å². The van der Waals surface area contributed by atoms with E-state index in [1.165, 1.54) is 38.5 Å². The van der Waals surface area contributed by atoms with Crippen LogP contribution in [0.3, 0.4) is 0 Å². The van der Waals surface area contributed by atoms with Crippen molar-refractivity contribution in [1.29, 1.82) is 0 Å². The maximum absolute atomic E-state index is 6.38. The Kier molecular flexibility index (Phi) is 6.37. The zero-order valence-corrected chi connectivity index (χ0v) is 11.1. The van der Waals surface area contributed by atoms with E-state index in [0.717, 1.165) is 32.0 Å². The Hall–Kier alpha value is -0.0800. The van der Waals surface area contributed by atoms with Crippen LogP contribution in [-0.4, -0.2) is 18.8 Å². The van der Waals surface area contributed by atoms with Gasteiger partial charge in [0.05, 0.1) is 6.61 Å². The lowest BCUT2D eigenvalue weighted by Gasteiger charge is -2.27. The Morgan fingerprint density at radius 3 is 2.31 bits per heavy atom. The third kappa shape index (κ3) is 5.86. The molecule has 1 aliphatic rings. The second-order valence-electron chi connectivity index (χ2n) is 5.87. The lowest BCUT2D eigenvalue weighted by atomic mass is 9.93. The average molecular weight is 227 g/mol. The first-order valence-corrected chi connectivity index (χ1v) is 6.99. The van der Waals surface area contributed by atoms with E-state index in [-0.39, 0.29) is 5.54 Å². The molecule has 2 nitrogen and oxygen atoms in total. The predicted molar refractivity (Wildman–Crippen MR) is 69.5 cm³/mol. The van der Waals surface area contributed by atoms with Gasteiger partial charge in [-0.25, -0.2) is 0 Å². The SMILES string of the molecule is CC(C)CCCOCC1(N)CCCCCC1. The highest BCUT2D eigenvalue weighted by molar-refractivity contribution is 4.85. The molecule has 1 aliphatic carbocycles. The molecule has 96 valence electrons. The molecule has 1 rings (SSSR count). The first kappa shape index (κ1) is 14.0. The maximum atomic E-state index is 6.38. The molecule has 0 aromatic carbocycles. The van der Waals surface area contributed by atoms with Crippen LogP contribution in [0, 0.1) is 5.92 Å². The van der Waals surface area contributed by atoms with Crippen molar-refractivity contribution >= 4 is 0 Å². The highest BCUT2D eigenvalue weighted by Gasteiger charge is 2.26. The quantitative estimate of drug-likeness (QED) is 0.557. The fourth-order valence-corrected chi connectivity index (χ4v) is 2.45. The lowest BCUT2D eigenvalue weighted by Crippen LogP contribution is -2.44. The molecular weight excluding hydrogens is 198 g/mol. The zero-order chi connectivity index (χ0) is 11.9. The van der Waals surface area contributed by atoms with Crippen LogP contribution in [0.1, 0.15) is 65.2 Å². The molecule has 0 aliphatic heterocycles. The van der Waals surface area contributed by atoms with Crippen molar-refractivity contribution in [3.8, 4) is 0 Å². The molecule has 0 aromatic heterocycles. The Bertz CT molecular complexity index is 172. The molecule has 2 N–H and O–H groups in total. The third-order valence-electron chi connectivity index (χ3n) is 3.56. The highest BCUT2D eigenvalue weighted by atomic mass is 16.5. The van der Waals surface area contributed by atoms with E-state index in [4.69, 9.17) is 10.5 Å². The van der Waals surface area contributed by atoms with Gasteiger partial charge in [-0.05, 0) is 31.6 Å². The van der Waals surface area contributed by atoms with Gasteiger partial charge in [-0.3, -0.25) is 0 Å². The van der Waals surface area contributed by atoms with E-state index in [0.29, 0.717) is 0 Å². The van der Waals surface area contributed by atoms with Crippen molar-refractivity contribution in [3.63, 3.8) is 0 Å². The van der Waals surface area contributed by atoms with Gasteiger partial charge in [-0.1, -0.05) is 39.5 Å². The summed E-state index contributed by atoms with van der Waals surface area (Å²) in [5.41, 5.74) is 6.36. The van der Waals surface area contributed by atoms with Crippen LogP contribution in [0.2, 0.25) is 0 Å². The summed E-state index contributed by atoms with van der Waals surface area (Å²) >= 11 is 0. The minimum Gasteiger partial charge on any atom is -0.380 e. The number of hydrogen-bond acceptors (Lipinski definition) is 2. The molecule has 0 amide bonds. The molecular formula is C14H29NO. The van der Waals surface area contributed by atoms with Crippen molar-refractivity contribution in [2.45, 2.75) is 70.8 Å². The number of hydrogen-bond donors (Lipinski definition) is 1. The van der Waals surface area contributed by atoms with Gasteiger partial charge < -0.3 is 10.5 Å². The molecule has 0 radical (unpaired) electrons. The number of nitrogens with two attached hydrogens (primary N) is 1. The maximum Gasteiger partial charge on any atom is 0.0646 e. The molecule has 1 saturated carbocycles. The molecule has 0 unspecified atom stereocenters. The van der Waals surface area contributed by atoms with E-state index in [1.807, 2.05) is 0 Å². The van der Waals surface area contributed by atoms with Crippen LogP contribution in [0.25, 0.3) is 0 Å². The second-order valence-corrected chi connectivity index (χ2v) is 5.87. The molecule has 2 heteroatoms. The molecule has 1 fully saturated rings. The van der Waals surface area contributed by atoms with Crippen molar-refractivity contribution in [2.75, 3.05) is 13.2 Å². The van der Waals surface area contributed by atoms with E-state index in [1.54, 1.807) is 0 Å². The van der Waals surface area contributed by atoms with Crippen LogP contribution < -0.4 is 5.73 Å². The Balaban J connectivity index is 2.10. The second kappa shape index (κ2) is 7.29. The van der Waals surface area contributed by atoms with Gasteiger partial charge in [-0.15, -0.1) is 0 Å². The largest absolute Gasteiger partial charge is 0.380 e. The summed E-state index contributed by atoms with van der Waals surface area (Å²) in [5.74, 6) is 0.785. The summed E-state index contributed by atoms with van der Waals surface area (Å²) in [6.45, 7) is 6.17. The molecule has 0 heterocycles. The molecule has 0 saturated heterocycles. The lowest BCUT2D eigenvalue weighted by molar-refractivity contribution is 0.0740. The van der Waals surface area contributed by atoms with Crippen LogP contribution >= 0.6 is 0 Å². The van der Waals surface area contributed by atoms with Crippen LogP contribution in [0.5, 0.6) is 0 Å². The van der Waals surface area contributed by atoms with Gasteiger partial charge in [0, 0.05) is 12.1 Å². The number of ether oxygens (including phenoxy) is 1. The molecule has 0 spiro atoms. The minimum absolute atomic E-state index is 0.0195. The Morgan fingerprint density at radius 1 is 1.12 bits per heavy atom. The summed E-state index contributed by atoms with van der Waals surface area (Å²) in [6.07, 6.45) is 10.0. The fourth-order valence-electron chi connectivity index (χ4n) is 2.45. The Morgan fingerprint density at radius 2 is 1.75 bits per heavy atom. The van der Waals surface area contributed by atoms with Crippen molar-refractivity contribution < 1.29 is 4.74 Å². The van der Waals surface area contributed by atoms with Gasteiger partial charge >= 0.3 is 0 Å². The summed E-state index contributed by atoms with van der Waals surface area (Å²) in [7, 11) is 0. The van der Waals surface area contributed by atoms with Crippen LogP contribution in [0.15, 0.2) is 0 Å². The topological polar surface area (TPSA) is 35.2 Å². The van der Waals surface area contributed by atoms with E-state index in [2.05, 4.69) is 13.8 Å². The monoisotopic (exact) mass is 227 g/mol. The third-order valence-corrected chi connectivity index (χ3v) is 3.56. The summed E-state index contributed by atoms with van der Waals surface area (Å²) in [4.78, 5) is 0. The summed E-state index contributed by atoms with van der Waals surface area (Å²) < 4.78 is 5.76. The molecule has 0 bridgehead atoms. The van der Waals surface area contributed by atoms with E-state index >= 15 is 0 Å². The summed E-state index contributed by atoms with van der Waals surface area (Å²) in [6, 6.07) is 0. The minimum atomic E-state index is -0.0195.